The molecule has 0 aliphatic rings. The van der Waals surface area contributed by atoms with Gasteiger partial charge in [-0.3, -0.25) is 9.38 Å². The van der Waals surface area contributed by atoms with Gasteiger partial charge in [0.2, 0.25) is 0 Å². The number of benzene rings is 2. The fourth-order valence-corrected chi connectivity index (χ4v) is 3.27. The van der Waals surface area contributed by atoms with Crippen molar-refractivity contribution in [3.8, 4) is 11.3 Å². The SMILES string of the molecule is Cc1ccc(Nc2c(-c3ccccc3)nc3cnccn23)c(Br)c1. The highest BCUT2D eigenvalue weighted by molar-refractivity contribution is 9.10. The van der Waals surface area contributed by atoms with Gasteiger partial charge in [0.15, 0.2) is 5.65 Å². The zero-order chi connectivity index (χ0) is 16.5. The van der Waals surface area contributed by atoms with Gasteiger partial charge in [-0.25, -0.2) is 4.98 Å². The van der Waals surface area contributed by atoms with Gasteiger partial charge in [0.25, 0.3) is 0 Å². The molecule has 2 aromatic carbocycles. The molecule has 0 aliphatic carbocycles. The number of nitrogens with one attached hydrogen (secondary N) is 1. The summed E-state index contributed by atoms with van der Waals surface area (Å²) in [6.07, 6.45) is 5.44. The van der Waals surface area contributed by atoms with Crippen LogP contribution in [0, 0.1) is 6.92 Å². The van der Waals surface area contributed by atoms with Crippen molar-refractivity contribution in [2.45, 2.75) is 6.92 Å². The van der Waals surface area contributed by atoms with Crippen LogP contribution in [0.5, 0.6) is 0 Å². The van der Waals surface area contributed by atoms with Crippen LogP contribution in [0.3, 0.4) is 0 Å². The molecule has 0 aliphatic heterocycles. The normalized spacial score (nSPS) is 10.9. The number of aromatic nitrogens is 3. The molecule has 4 rings (SSSR count). The van der Waals surface area contributed by atoms with Gasteiger partial charge in [-0.15, -0.1) is 0 Å². The van der Waals surface area contributed by atoms with Gasteiger partial charge in [-0.2, -0.15) is 0 Å². The molecule has 2 heterocycles. The lowest BCUT2D eigenvalue weighted by Gasteiger charge is -2.11. The molecule has 0 saturated heterocycles. The first kappa shape index (κ1) is 14.9. The summed E-state index contributed by atoms with van der Waals surface area (Å²) < 4.78 is 3.03. The Kier molecular flexibility index (Phi) is 3.78. The van der Waals surface area contributed by atoms with Crippen LogP contribution in [0.25, 0.3) is 16.9 Å². The molecule has 0 saturated carbocycles. The number of nitrogens with zero attached hydrogens (tertiary/aromatic N) is 3. The van der Waals surface area contributed by atoms with E-state index in [1.165, 1.54) is 5.56 Å². The Balaban J connectivity index is 1.89. The number of fused-ring (bicyclic) bond motifs is 1. The molecule has 0 bridgehead atoms. The molecule has 0 atom stereocenters. The molecule has 0 fully saturated rings. The largest absolute Gasteiger partial charge is 0.339 e. The first-order valence-corrected chi connectivity index (χ1v) is 8.42. The van der Waals surface area contributed by atoms with Crippen LogP contribution in [0.1, 0.15) is 5.56 Å². The average Bonchev–Trinajstić information content (AvgIpc) is 2.97. The Bertz CT molecular complexity index is 1010. The first-order chi connectivity index (χ1) is 11.7. The molecule has 4 aromatic rings. The second-order valence-corrected chi connectivity index (χ2v) is 6.44. The number of anilines is 2. The van der Waals surface area contributed by atoms with Crippen molar-refractivity contribution in [3.05, 3.63) is 77.2 Å². The van der Waals surface area contributed by atoms with Gasteiger partial charge < -0.3 is 5.32 Å². The average molecular weight is 379 g/mol. The highest BCUT2D eigenvalue weighted by Crippen LogP contribution is 2.33. The highest BCUT2D eigenvalue weighted by atomic mass is 79.9. The fraction of sp³-hybridized carbons (Fsp3) is 0.0526. The Morgan fingerprint density at radius 2 is 1.92 bits per heavy atom. The third kappa shape index (κ3) is 2.67. The maximum Gasteiger partial charge on any atom is 0.157 e. The molecular weight excluding hydrogens is 364 g/mol. The summed E-state index contributed by atoms with van der Waals surface area (Å²) in [5, 5.41) is 3.52. The first-order valence-electron chi connectivity index (χ1n) is 7.63. The molecule has 5 heteroatoms. The molecule has 4 nitrogen and oxygen atoms in total. The van der Waals surface area contributed by atoms with E-state index < -0.39 is 0 Å². The number of hydrogen-bond acceptors (Lipinski definition) is 3. The molecule has 1 N–H and O–H groups in total. The maximum absolute atomic E-state index is 4.75. The summed E-state index contributed by atoms with van der Waals surface area (Å²) in [6, 6.07) is 16.4. The molecule has 118 valence electrons. The Morgan fingerprint density at radius 1 is 1.08 bits per heavy atom. The van der Waals surface area contributed by atoms with E-state index in [9.17, 15) is 0 Å². The van der Waals surface area contributed by atoms with Gasteiger partial charge in [0.05, 0.1) is 11.9 Å². The molecule has 0 amide bonds. The van der Waals surface area contributed by atoms with Crippen LogP contribution in [-0.2, 0) is 0 Å². The van der Waals surface area contributed by atoms with E-state index in [1.54, 1.807) is 12.4 Å². The van der Waals surface area contributed by atoms with E-state index in [-0.39, 0.29) is 0 Å². The van der Waals surface area contributed by atoms with Crippen LogP contribution in [-0.4, -0.2) is 14.4 Å². The van der Waals surface area contributed by atoms with Crippen LogP contribution >= 0.6 is 15.9 Å². The van der Waals surface area contributed by atoms with Crippen LogP contribution in [0.4, 0.5) is 11.5 Å². The van der Waals surface area contributed by atoms with E-state index in [0.717, 1.165) is 32.9 Å². The topological polar surface area (TPSA) is 42.2 Å². The monoisotopic (exact) mass is 378 g/mol. The molecule has 0 unspecified atom stereocenters. The fourth-order valence-electron chi connectivity index (χ4n) is 2.67. The van der Waals surface area contributed by atoms with Crippen LogP contribution in [0.15, 0.2) is 71.6 Å². The summed E-state index contributed by atoms with van der Waals surface area (Å²) in [4.78, 5) is 8.93. The third-order valence-electron chi connectivity index (χ3n) is 3.86. The van der Waals surface area contributed by atoms with Crippen molar-refractivity contribution in [1.29, 1.82) is 0 Å². The molecule has 2 aromatic heterocycles. The molecule has 0 radical (unpaired) electrons. The lowest BCUT2D eigenvalue weighted by Crippen LogP contribution is -1.98. The number of hydrogen-bond donors (Lipinski definition) is 1. The van der Waals surface area contributed by atoms with Crippen molar-refractivity contribution < 1.29 is 0 Å². The second-order valence-electron chi connectivity index (χ2n) is 5.59. The predicted molar refractivity (Wildman–Crippen MR) is 101 cm³/mol. The van der Waals surface area contributed by atoms with Gasteiger partial charge in [0, 0.05) is 22.4 Å². The van der Waals surface area contributed by atoms with Crippen LogP contribution in [0.2, 0.25) is 0 Å². The van der Waals surface area contributed by atoms with E-state index >= 15 is 0 Å². The van der Waals surface area contributed by atoms with Gasteiger partial charge >= 0.3 is 0 Å². The quantitative estimate of drug-likeness (QED) is 0.531. The van der Waals surface area contributed by atoms with Gasteiger partial charge in [0.1, 0.15) is 11.5 Å². The predicted octanol–water partition coefficient (Wildman–Crippen LogP) is 5.21. The minimum atomic E-state index is 0.807. The molecular formula is C19H15BrN4. The Labute approximate surface area is 148 Å². The summed E-state index contributed by atoms with van der Waals surface area (Å²) in [5.74, 6) is 0.920. The number of rotatable bonds is 3. The van der Waals surface area contributed by atoms with E-state index in [2.05, 4.69) is 63.5 Å². The Hall–Kier alpha value is -2.66. The van der Waals surface area contributed by atoms with Crippen molar-refractivity contribution in [2.75, 3.05) is 5.32 Å². The molecule has 24 heavy (non-hydrogen) atoms. The van der Waals surface area contributed by atoms with E-state index in [1.807, 2.05) is 28.8 Å². The number of halogens is 1. The lowest BCUT2D eigenvalue weighted by molar-refractivity contribution is 1.13. The third-order valence-corrected chi connectivity index (χ3v) is 4.51. The molecule has 0 spiro atoms. The van der Waals surface area contributed by atoms with Crippen molar-refractivity contribution >= 4 is 33.1 Å². The van der Waals surface area contributed by atoms with E-state index in [0.29, 0.717) is 0 Å². The maximum atomic E-state index is 4.75. The zero-order valence-corrected chi connectivity index (χ0v) is 14.7. The highest BCUT2D eigenvalue weighted by Gasteiger charge is 2.15. The lowest BCUT2D eigenvalue weighted by atomic mass is 10.1. The summed E-state index contributed by atoms with van der Waals surface area (Å²) in [6.45, 7) is 2.07. The minimum absolute atomic E-state index is 0.807. The van der Waals surface area contributed by atoms with Crippen molar-refractivity contribution in [1.82, 2.24) is 14.4 Å². The van der Waals surface area contributed by atoms with Crippen LogP contribution < -0.4 is 5.32 Å². The van der Waals surface area contributed by atoms with E-state index in [4.69, 9.17) is 4.98 Å². The smallest absolute Gasteiger partial charge is 0.157 e. The zero-order valence-electron chi connectivity index (χ0n) is 13.1. The van der Waals surface area contributed by atoms with Gasteiger partial charge in [-0.05, 0) is 40.5 Å². The van der Waals surface area contributed by atoms with Crippen molar-refractivity contribution in [2.24, 2.45) is 0 Å². The number of aryl methyl sites for hydroxylation is 1. The number of imidazole rings is 1. The second kappa shape index (κ2) is 6.09. The summed E-state index contributed by atoms with van der Waals surface area (Å²) in [7, 11) is 0. The minimum Gasteiger partial charge on any atom is -0.339 e. The summed E-state index contributed by atoms with van der Waals surface area (Å²) >= 11 is 3.63. The Morgan fingerprint density at radius 3 is 2.71 bits per heavy atom. The standard InChI is InChI=1S/C19H15BrN4/c1-13-7-8-16(15(20)11-13)22-19-18(14-5-3-2-4-6-14)23-17-12-21-9-10-24(17)19/h2-12,22H,1H3. The summed E-state index contributed by atoms with van der Waals surface area (Å²) in [5.41, 5.74) is 4.97. The van der Waals surface area contributed by atoms with Gasteiger partial charge in [-0.1, -0.05) is 36.4 Å². The van der Waals surface area contributed by atoms with Crippen molar-refractivity contribution in [3.63, 3.8) is 0 Å².